The van der Waals surface area contributed by atoms with Crippen LogP contribution < -0.4 is 10.6 Å². The predicted molar refractivity (Wildman–Crippen MR) is 92.0 cm³/mol. The number of hydrogen-bond donors (Lipinski definition) is 2. The van der Waals surface area contributed by atoms with Gasteiger partial charge in [-0.1, -0.05) is 48.5 Å². The molecule has 0 aliphatic rings. The molecule has 22 heavy (non-hydrogen) atoms. The Balaban J connectivity index is 1.87. The Kier molecular flexibility index (Phi) is 4.30. The van der Waals surface area contributed by atoms with Gasteiger partial charge in [-0.15, -0.1) is 6.58 Å². The lowest BCUT2D eigenvalue weighted by Crippen LogP contribution is -2.07. The minimum atomic E-state index is 0.620. The Morgan fingerprint density at radius 1 is 0.909 bits per heavy atom. The fourth-order valence-electron chi connectivity index (χ4n) is 2.24. The van der Waals surface area contributed by atoms with Crippen molar-refractivity contribution in [3.8, 4) is 0 Å². The molecule has 0 spiro atoms. The zero-order chi connectivity index (χ0) is 15.2. The molecule has 4 nitrogen and oxygen atoms in total. The second-order valence-electron chi connectivity index (χ2n) is 4.92. The number of nitrogens with zero attached hydrogens (tertiary/aromatic N) is 2. The number of anilines is 2. The number of hydrogen-bond acceptors (Lipinski definition) is 4. The normalized spacial score (nSPS) is 10.4. The molecule has 3 aromatic rings. The summed E-state index contributed by atoms with van der Waals surface area (Å²) >= 11 is 0. The van der Waals surface area contributed by atoms with Crippen molar-refractivity contribution in [2.75, 3.05) is 17.2 Å². The average Bonchev–Trinajstić information content (AvgIpc) is 2.58. The van der Waals surface area contributed by atoms with E-state index >= 15 is 0 Å². The first-order chi connectivity index (χ1) is 10.9. The van der Waals surface area contributed by atoms with Crippen molar-refractivity contribution in [1.82, 2.24) is 9.97 Å². The van der Waals surface area contributed by atoms with Crippen LogP contribution in [0.4, 0.5) is 11.8 Å². The van der Waals surface area contributed by atoms with Gasteiger partial charge in [0, 0.05) is 18.5 Å². The van der Waals surface area contributed by atoms with E-state index in [1.807, 2.05) is 48.5 Å². The van der Waals surface area contributed by atoms with Gasteiger partial charge in [-0.25, -0.2) is 4.98 Å². The maximum Gasteiger partial charge on any atom is 0.225 e. The standard InChI is InChI=1S/C18H18N4/c1-2-12-19-17-15-10-6-7-11-16(15)21-18(22-17)20-13-14-8-4-3-5-9-14/h2-11H,1,12-13H2,(H2,19,20,21,22). The molecule has 0 saturated carbocycles. The van der Waals surface area contributed by atoms with Crippen LogP contribution in [0.1, 0.15) is 5.56 Å². The predicted octanol–water partition coefficient (Wildman–Crippen LogP) is 3.84. The summed E-state index contributed by atoms with van der Waals surface area (Å²) in [6, 6.07) is 18.2. The summed E-state index contributed by atoms with van der Waals surface area (Å²) in [5.41, 5.74) is 2.11. The van der Waals surface area contributed by atoms with Gasteiger partial charge in [0.25, 0.3) is 0 Å². The first-order valence-corrected chi connectivity index (χ1v) is 7.26. The number of para-hydroxylation sites is 1. The van der Waals surface area contributed by atoms with E-state index in [0.29, 0.717) is 19.0 Å². The highest BCUT2D eigenvalue weighted by molar-refractivity contribution is 5.90. The zero-order valence-electron chi connectivity index (χ0n) is 12.3. The molecule has 0 fully saturated rings. The Hall–Kier alpha value is -2.88. The van der Waals surface area contributed by atoms with Crippen LogP contribution in [0.2, 0.25) is 0 Å². The smallest absolute Gasteiger partial charge is 0.225 e. The molecule has 0 unspecified atom stereocenters. The second kappa shape index (κ2) is 6.72. The highest BCUT2D eigenvalue weighted by atomic mass is 15.1. The summed E-state index contributed by atoms with van der Waals surface area (Å²) in [5.74, 6) is 1.44. The van der Waals surface area contributed by atoms with E-state index in [4.69, 9.17) is 0 Å². The van der Waals surface area contributed by atoms with Gasteiger partial charge in [0.2, 0.25) is 5.95 Å². The molecule has 0 atom stereocenters. The minimum absolute atomic E-state index is 0.620. The van der Waals surface area contributed by atoms with Crippen molar-refractivity contribution < 1.29 is 0 Å². The van der Waals surface area contributed by atoms with E-state index in [9.17, 15) is 0 Å². The van der Waals surface area contributed by atoms with E-state index in [-0.39, 0.29) is 0 Å². The summed E-state index contributed by atoms with van der Waals surface area (Å²) in [4.78, 5) is 9.14. The van der Waals surface area contributed by atoms with Crippen molar-refractivity contribution >= 4 is 22.7 Å². The fraction of sp³-hybridized carbons (Fsp3) is 0.111. The van der Waals surface area contributed by atoms with Gasteiger partial charge >= 0.3 is 0 Å². The lowest BCUT2D eigenvalue weighted by Gasteiger charge is -2.11. The number of nitrogens with one attached hydrogen (secondary N) is 2. The highest BCUT2D eigenvalue weighted by Gasteiger charge is 2.06. The van der Waals surface area contributed by atoms with Crippen molar-refractivity contribution in [3.63, 3.8) is 0 Å². The molecule has 0 amide bonds. The van der Waals surface area contributed by atoms with Crippen LogP contribution in [-0.2, 0) is 6.54 Å². The molecule has 0 aliphatic heterocycles. The minimum Gasteiger partial charge on any atom is -0.366 e. The van der Waals surface area contributed by atoms with E-state index in [2.05, 4.69) is 39.3 Å². The number of benzene rings is 2. The van der Waals surface area contributed by atoms with E-state index < -0.39 is 0 Å². The first-order valence-electron chi connectivity index (χ1n) is 7.26. The molecule has 2 N–H and O–H groups in total. The molecule has 0 radical (unpaired) electrons. The highest BCUT2D eigenvalue weighted by Crippen LogP contribution is 2.21. The quantitative estimate of drug-likeness (QED) is 0.677. The Morgan fingerprint density at radius 3 is 2.50 bits per heavy atom. The maximum absolute atomic E-state index is 4.57. The SMILES string of the molecule is C=CCNc1nc(NCc2ccccc2)nc2ccccc12. The van der Waals surface area contributed by atoms with Gasteiger partial charge in [-0.3, -0.25) is 0 Å². The van der Waals surface area contributed by atoms with Gasteiger partial charge in [0.15, 0.2) is 0 Å². The molecule has 3 rings (SSSR count). The molecule has 4 heteroatoms. The molecular formula is C18H18N4. The summed E-state index contributed by atoms with van der Waals surface area (Å²) in [5, 5.41) is 7.56. The third kappa shape index (κ3) is 3.23. The van der Waals surface area contributed by atoms with E-state index in [0.717, 1.165) is 16.7 Å². The summed E-state index contributed by atoms with van der Waals surface area (Å²) in [6.07, 6.45) is 1.81. The Morgan fingerprint density at radius 2 is 1.68 bits per heavy atom. The van der Waals surface area contributed by atoms with Crippen LogP contribution in [0.5, 0.6) is 0 Å². The zero-order valence-corrected chi connectivity index (χ0v) is 12.3. The van der Waals surface area contributed by atoms with Gasteiger partial charge < -0.3 is 10.6 Å². The van der Waals surface area contributed by atoms with Crippen LogP contribution in [-0.4, -0.2) is 16.5 Å². The molecule has 2 aromatic carbocycles. The van der Waals surface area contributed by atoms with Gasteiger partial charge in [0.1, 0.15) is 5.82 Å². The molecule has 0 aliphatic carbocycles. The fourth-order valence-corrected chi connectivity index (χ4v) is 2.24. The van der Waals surface area contributed by atoms with Crippen molar-refractivity contribution in [1.29, 1.82) is 0 Å². The van der Waals surface area contributed by atoms with Gasteiger partial charge in [-0.2, -0.15) is 4.98 Å². The number of aromatic nitrogens is 2. The van der Waals surface area contributed by atoms with E-state index in [1.54, 1.807) is 0 Å². The third-order valence-electron chi connectivity index (χ3n) is 3.31. The van der Waals surface area contributed by atoms with E-state index in [1.165, 1.54) is 5.56 Å². The molecule has 0 saturated heterocycles. The third-order valence-corrected chi connectivity index (χ3v) is 3.31. The number of fused-ring (bicyclic) bond motifs is 1. The molecule has 0 bridgehead atoms. The van der Waals surface area contributed by atoms with Gasteiger partial charge in [0.05, 0.1) is 5.52 Å². The topological polar surface area (TPSA) is 49.8 Å². The monoisotopic (exact) mass is 290 g/mol. The van der Waals surface area contributed by atoms with Crippen molar-refractivity contribution in [3.05, 3.63) is 72.8 Å². The average molecular weight is 290 g/mol. The van der Waals surface area contributed by atoms with Crippen molar-refractivity contribution in [2.45, 2.75) is 6.54 Å². The van der Waals surface area contributed by atoms with Gasteiger partial charge in [-0.05, 0) is 17.7 Å². The molecular weight excluding hydrogens is 272 g/mol. The van der Waals surface area contributed by atoms with Crippen LogP contribution in [0, 0.1) is 0 Å². The van der Waals surface area contributed by atoms with Crippen LogP contribution >= 0.6 is 0 Å². The summed E-state index contributed by atoms with van der Waals surface area (Å²) in [7, 11) is 0. The summed E-state index contributed by atoms with van der Waals surface area (Å²) < 4.78 is 0. The van der Waals surface area contributed by atoms with Crippen LogP contribution in [0.25, 0.3) is 10.9 Å². The maximum atomic E-state index is 4.57. The Labute approximate surface area is 129 Å². The molecule has 110 valence electrons. The summed E-state index contributed by atoms with van der Waals surface area (Å²) in [6.45, 7) is 5.09. The van der Waals surface area contributed by atoms with Crippen molar-refractivity contribution in [2.24, 2.45) is 0 Å². The first kappa shape index (κ1) is 14.1. The lowest BCUT2D eigenvalue weighted by atomic mass is 10.2. The molecule has 1 heterocycles. The van der Waals surface area contributed by atoms with Crippen LogP contribution in [0.3, 0.4) is 0 Å². The lowest BCUT2D eigenvalue weighted by molar-refractivity contribution is 1.07. The number of rotatable bonds is 6. The molecule has 1 aromatic heterocycles. The second-order valence-corrected chi connectivity index (χ2v) is 4.92. The largest absolute Gasteiger partial charge is 0.366 e. The van der Waals surface area contributed by atoms with Crippen LogP contribution in [0.15, 0.2) is 67.3 Å². The Bertz CT molecular complexity index is 768.